The summed E-state index contributed by atoms with van der Waals surface area (Å²) in [6, 6.07) is 16.1. The summed E-state index contributed by atoms with van der Waals surface area (Å²) in [7, 11) is 0. The summed E-state index contributed by atoms with van der Waals surface area (Å²) in [6.45, 7) is 0. The maximum atomic E-state index is 13.6. The van der Waals surface area contributed by atoms with Crippen LogP contribution in [0, 0.1) is 15.9 Å². The van der Waals surface area contributed by atoms with Crippen LogP contribution in [0.4, 0.5) is 15.8 Å². The van der Waals surface area contributed by atoms with Crippen molar-refractivity contribution in [3.63, 3.8) is 0 Å². The van der Waals surface area contributed by atoms with Crippen LogP contribution in [0.15, 0.2) is 71.2 Å². The van der Waals surface area contributed by atoms with Gasteiger partial charge in [0.1, 0.15) is 10.7 Å². The van der Waals surface area contributed by atoms with Gasteiger partial charge < -0.3 is 10.1 Å². The van der Waals surface area contributed by atoms with Crippen LogP contribution in [0.25, 0.3) is 10.1 Å². The van der Waals surface area contributed by atoms with Gasteiger partial charge >= 0.3 is 5.97 Å². The standard InChI is InChI=1S/C23H13BrClFN2O5S/c24-16-11-14(28(31)32)7-9-17(16)27-22(29)20(12-4-2-1-3-5-12)33-23(30)21-19(25)15-8-6-13(26)10-18(15)34-21/h1-11,20H,(H,27,29). The fourth-order valence-electron chi connectivity index (χ4n) is 3.15. The zero-order valence-corrected chi connectivity index (χ0v) is 20.1. The highest BCUT2D eigenvalue weighted by Gasteiger charge is 2.29. The number of nitro groups is 1. The SMILES string of the molecule is O=C(OC(C(=O)Nc1ccc([N+](=O)[O-])cc1Br)c1ccccc1)c1sc2cc(F)ccc2c1Cl. The highest BCUT2D eigenvalue weighted by Crippen LogP contribution is 2.37. The minimum absolute atomic E-state index is 0.0347. The van der Waals surface area contributed by atoms with Crippen molar-refractivity contribution in [2.75, 3.05) is 5.32 Å². The van der Waals surface area contributed by atoms with Gasteiger partial charge in [-0.3, -0.25) is 14.9 Å². The highest BCUT2D eigenvalue weighted by molar-refractivity contribution is 9.10. The van der Waals surface area contributed by atoms with Crippen LogP contribution in [0.3, 0.4) is 0 Å². The molecule has 11 heteroatoms. The second kappa shape index (κ2) is 9.88. The van der Waals surface area contributed by atoms with E-state index in [0.717, 1.165) is 11.3 Å². The molecule has 4 rings (SSSR count). The molecule has 0 aliphatic carbocycles. The van der Waals surface area contributed by atoms with Crippen molar-refractivity contribution < 1.29 is 23.6 Å². The van der Waals surface area contributed by atoms with Crippen LogP contribution in [-0.2, 0) is 9.53 Å². The van der Waals surface area contributed by atoms with E-state index in [2.05, 4.69) is 21.2 Å². The van der Waals surface area contributed by atoms with Gasteiger partial charge in [0, 0.05) is 32.3 Å². The van der Waals surface area contributed by atoms with E-state index in [9.17, 15) is 24.1 Å². The monoisotopic (exact) mass is 562 g/mol. The predicted molar refractivity (Wildman–Crippen MR) is 131 cm³/mol. The highest BCUT2D eigenvalue weighted by atomic mass is 79.9. The fourth-order valence-corrected chi connectivity index (χ4v) is 5.03. The molecule has 4 aromatic rings. The Morgan fingerprint density at radius 3 is 2.53 bits per heavy atom. The summed E-state index contributed by atoms with van der Waals surface area (Å²) in [5, 5.41) is 14.2. The van der Waals surface area contributed by atoms with Crippen LogP contribution in [0.5, 0.6) is 0 Å². The Labute approximate surface area is 209 Å². The molecule has 0 aliphatic rings. The lowest BCUT2D eigenvalue weighted by molar-refractivity contribution is -0.384. The van der Waals surface area contributed by atoms with Gasteiger partial charge in [-0.2, -0.15) is 0 Å². The summed E-state index contributed by atoms with van der Waals surface area (Å²) in [6.07, 6.45) is -1.35. The average Bonchev–Trinajstić information content (AvgIpc) is 3.14. The summed E-state index contributed by atoms with van der Waals surface area (Å²) in [4.78, 5) is 36.6. The number of halogens is 3. The topological polar surface area (TPSA) is 98.5 Å². The van der Waals surface area contributed by atoms with Crippen LogP contribution in [-0.4, -0.2) is 16.8 Å². The van der Waals surface area contributed by atoms with Crippen molar-refractivity contribution >= 4 is 72.2 Å². The Bertz CT molecular complexity index is 1430. The number of hydrogen-bond donors (Lipinski definition) is 1. The molecule has 1 N–H and O–H groups in total. The van der Waals surface area contributed by atoms with Gasteiger partial charge in [-0.05, 0) is 40.2 Å². The number of thiophene rings is 1. The number of ether oxygens (including phenoxy) is 1. The number of hydrogen-bond acceptors (Lipinski definition) is 6. The van der Waals surface area contributed by atoms with E-state index in [0.29, 0.717) is 15.6 Å². The van der Waals surface area contributed by atoms with E-state index in [4.69, 9.17) is 16.3 Å². The molecule has 1 aromatic heterocycles. The van der Waals surface area contributed by atoms with E-state index in [-0.39, 0.29) is 25.7 Å². The summed E-state index contributed by atoms with van der Waals surface area (Å²) < 4.78 is 19.9. The number of carbonyl (C=O) groups is 2. The number of nitrogens with one attached hydrogen (secondary N) is 1. The molecule has 1 heterocycles. The molecule has 0 bridgehead atoms. The first kappa shape index (κ1) is 23.8. The quantitative estimate of drug-likeness (QED) is 0.156. The zero-order chi connectivity index (χ0) is 24.4. The number of amides is 1. The predicted octanol–water partition coefficient (Wildman–Crippen LogP) is 6.90. The third-order valence-corrected chi connectivity index (χ3v) is 7.06. The Kier molecular flexibility index (Phi) is 6.92. The van der Waals surface area contributed by atoms with Crippen molar-refractivity contribution in [3.05, 3.63) is 103 Å². The third-order valence-electron chi connectivity index (χ3n) is 4.76. The average molecular weight is 564 g/mol. The molecule has 0 spiro atoms. The van der Waals surface area contributed by atoms with Crippen molar-refractivity contribution in [2.24, 2.45) is 0 Å². The van der Waals surface area contributed by atoms with Crippen LogP contribution in [0.1, 0.15) is 21.3 Å². The molecule has 0 fully saturated rings. The van der Waals surface area contributed by atoms with E-state index in [1.54, 1.807) is 30.3 Å². The zero-order valence-electron chi connectivity index (χ0n) is 17.0. The molecule has 172 valence electrons. The number of nitro benzene ring substituents is 1. The van der Waals surface area contributed by atoms with Gasteiger partial charge in [0.05, 0.1) is 15.6 Å². The number of fused-ring (bicyclic) bond motifs is 1. The minimum atomic E-state index is -1.35. The van der Waals surface area contributed by atoms with Crippen LogP contribution >= 0.6 is 38.9 Å². The van der Waals surface area contributed by atoms with Gasteiger partial charge in [-0.15, -0.1) is 11.3 Å². The van der Waals surface area contributed by atoms with E-state index >= 15 is 0 Å². The molecule has 0 radical (unpaired) electrons. The van der Waals surface area contributed by atoms with Crippen molar-refractivity contribution in [1.82, 2.24) is 0 Å². The fraction of sp³-hybridized carbons (Fsp3) is 0.0435. The third kappa shape index (κ3) is 4.93. The molecular weight excluding hydrogens is 551 g/mol. The summed E-state index contributed by atoms with van der Waals surface area (Å²) in [5.74, 6) is -2.00. The number of benzene rings is 3. The van der Waals surface area contributed by atoms with Gasteiger partial charge in [0.2, 0.25) is 6.10 Å². The summed E-state index contributed by atoms with van der Waals surface area (Å²) in [5.41, 5.74) is 0.490. The number of nitrogens with zero attached hydrogens (tertiary/aromatic N) is 1. The Hall–Kier alpha value is -3.34. The first-order valence-corrected chi connectivity index (χ1v) is 11.6. The first-order chi connectivity index (χ1) is 16.2. The number of esters is 1. The van der Waals surface area contributed by atoms with Crippen molar-refractivity contribution in [2.45, 2.75) is 6.10 Å². The molecule has 1 atom stereocenters. The molecule has 1 amide bonds. The normalized spacial score (nSPS) is 11.7. The van der Waals surface area contributed by atoms with Crippen molar-refractivity contribution in [3.8, 4) is 0 Å². The van der Waals surface area contributed by atoms with Crippen molar-refractivity contribution in [1.29, 1.82) is 0 Å². The van der Waals surface area contributed by atoms with E-state index in [1.165, 1.54) is 36.4 Å². The molecule has 3 aromatic carbocycles. The molecular formula is C23H13BrClFN2O5S. The second-order valence-electron chi connectivity index (χ2n) is 6.99. The lowest BCUT2D eigenvalue weighted by Gasteiger charge is -2.18. The van der Waals surface area contributed by atoms with E-state index < -0.39 is 28.7 Å². The number of anilines is 1. The van der Waals surface area contributed by atoms with Crippen LogP contribution < -0.4 is 5.32 Å². The summed E-state index contributed by atoms with van der Waals surface area (Å²) >= 11 is 10.5. The molecule has 0 saturated heterocycles. The van der Waals surface area contributed by atoms with Crippen LogP contribution in [0.2, 0.25) is 5.02 Å². The van der Waals surface area contributed by atoms with Gasteiger partial charge in [-0.1, -0.05) is 41.9 Å². The largest absolute Gasteiger partial charge is 0.443 e. The first-order valence-electron chi connectivity index (χ1n) is 9.63. The molecule has 34 heavy (non-hydrogen) atoms. The maximum absolute atomic E-state index is 13.6. The van der Waals surface area contributed by atoms with Gasteiger partial charge in [0.15, 0.2) is 0 Å². The number of carbonyl (C=O) groups excluding carboxylic acids is 2. The van der Waals surface area contributed by atoms with E-state index in [1.807, 2.05) is 0 Å². The molecule has 1 unspecified atom stereocenters. The maximum Gasteiger partial charge on any atom is 0.351 e. The molecule has 0 saturated carbocycles. The number of non-ortho nitro benzene ring substituents is 1. The lowest BCUT2D eigenvalue weighted by Crippen LogP contribution is -2.26. The second-order valence-corrected chi connectivity index (χ2v) is 9.28. The van der Waals surface area contributed by atoms with Gasteiger partial charge in [0.25, 0.3) is 11.6 Å². The molecule has 0 aliphatic heterocycles. The smallest absolute Gasteiger partial charge is 0.351 e. The Balaban J connectivity index is 1.63. The molecule has 7 nitrogen and oxygen atoms in total. The lowest BCUT2D eigenvalue weighted by atomic mass is 10.1. The number of rotatable bonds is 6. The minimum Gasteiger partial charge on any atom is -0.443 e. The van der Waals surface area contributed by atoms with Gasteiger partial charge in [-0.25, -0.2) is 9.18 Å². The Morgan fingerprint density at radius 2 is 1.85 bits per heavy atom. The Morgan fingerprint density at radius 1 is 1.12 bits per heavy atom.